The van der Waals surface area contributed by atoms with Crippen molar-refractivity contribution in [2.75, 3.05) is 23.8 Å². The van der Waals surface area contributed by atoms with E-state index >= 15 is 0 Å². The summed E-state index contributed by atoms with van der Waals surface area (Å²) in [6, 6.07) is 8.71. The lowest BCUT2D eigenvalue weighted by Gasteiger charge is -2.29. The number of furan rings is 1. The molecule has 12 heteroatoms. The summed E-state index contributed by atoms with van der Waals surface area (Å²) < 4.78 is 14.5. The van der Waals surface area contributed by atoms with Gasteiger partial charge in [0.25, 0.3) is 17.7 Å². The van der Waals surface area contributed by atoms with Gasteiger partial charge in [-0.1, -0.05) is 17.7 Å². The van der Waals surface area contributed by atoms with Crippen LogP contribution in [0.5, 0.6) is 0 Å². The third-order valence-electron chi connectivity index (χ3n) is 4.94. The highest BCUT2D eigenvalue weighted by molar-refractivity contribution is 7.09. The lowest BCUT2D eigenvalue weighted by Crippen LogP contribution is -2.45. The molecular formula is C23H25N5O6S. The van der Waals surface area contributed by atoms with Crippen molar-refractivity contribution in [3.8, 4) is 0 Å². The summed E-state index contributed by atoms with van der Waals surface area (Å²) in [5.41, 5.74) is 12.2. The zero-order valence-corrected chi connectivity index (χ0v) is 20.2. The number of carbonyl (C=O) groups is 4. The van der Waals surface area contributed by atoms with Gasteiger partial charge in [-0.25, -0.2) is 0 Å². The normalized spacial score (nSPS) is 11.5. The zero-order chi connectivity index (χ0) is 25.7. The van der Waals surface area contributed by atoms with Crippen molar-refractivity contribution in [2.45, 2.75) is 26.8 Å². The van der Waals surface area contributed by atoms with E-state index in [1.807, 2.05) is 6.92 Å². The van der Waals surface area contributed by atoms with E-state index in [1.54, 1.807) is 50.2 Å². The first-order chi connectivity index (χ1) is 16.6. The molecule has 11 nitrogen and oxygen atoms in total. The number of primary amides is 1. The predicted octanol–water partition coefficient (Wildman–Crippen LogP) is 2.10. The SMILES string of the molecule is CCOC(=O)CNC(=O)[C@H](c1ccc(C)o1)N(C(=O)c1snc(C(N)=O)c1N)c1ccc(C)cc1. The molecular weight excluding hydrogens is 474 g/mol. The number of aryl methyl sites for hydroxylation is 2. The first-order valence-corrected chi connectivity index (χ1v) is 11.4. The molecule has 3 aromatic rings. The Morgan fingerprint density at radius 2 is 1.83 bits per heavy atom. The fraction of sp³-hybridized carbons (Fsp3) is 0.261. The molecule has 0 bridgehead atoms. The molecule has 1 atom stereocenters. The van der Waals surface area contributed by atoms with Crippen molar-refractivity contribution in [2.24, 2.45) is 5.73 Å². The van der Waals surface area contributed by atoms with Crippen LogP contribution in [0.1, 0.15) is 50.2 Å². The van der Waals surface area contributed by atoms with Gasteiger partial charge < -0.3 is 25.9 Å². The molecule has 0 unspecified atom stereocenters. The molecule has 0 aliphatic rings. The fourth-order valence-electron chi connectivity index (χ4n) is 3.27. The summed E-state index contributed by atoms with van der Waals surface area (Å²) in [6.45, 7) is 4.94. The van der Waals surface area contributed by atoms with Gasteiger partial charge in [-0.2, -0.15) is 4.37 Å². The van der Waals surface area contributed by atoms with E-state index in [0.29, 0.717) is 23.0 Å². The summed E-state index contributed by atoms with van der Waals surface area (Å²) in [4.78, 5) is 51.8. The molecule has 0 aliphatic carbocycles. The third kappa shape index (κ3) is 5.66. The number of nitrogen functional groups attached to an aromatic ring is 1. The van der Waals surface area contributed by atoms with Gasteiger partial charge in [0.05, 0.1) is 12.3 Å². The second kappa shape index (κ2) is 10.8. The van der Waals surface area contributed by atoms with Gasteiger partial charge in [0, 0.05) is 5.69 Å². The van der Waals surface area contributed by atoms with Crippen LogP contribution >= 0.6 is 11.5 Å². The predicted molar refractivity (Wildman–Crippen MR) is 129 cm³/mol. The van der Waals surface area contributed by atoms with Crippen LogP contribution in [0.2, 0.25) is 0 Å². The first kappa shape index (κ1) is 25.4. The van der Waals surface area contributed by atoms with Crippen molar-refractivity contribution in [3.63, 3.8) is 0 Å². The Morgan fingerprint density at radius 3 is 2.37 bits per heavy atom. The van der Waals surface area contributed by atoms with Crippen LogP contribution in [0, 0.1) is 13.8 Å². The van der Waals surface area contributed by atoms with E-state index in [0.717, 1.165) is 5.56 Å². The summed E-state index contributed by atoms with van der Waals surface area (Å²) >= 11 is 0.690. The number of nitrogens with one attached hydrogen (secondary N) is 1. The topological polar surface area (TPSA) is 171 Å². The minimum Gasteiger partial charge on any atom is -0.465 e. The molecule has 0 spiro atoms. The minimum atomic E-state index is -1.33. The number of esters is 1. The number of amides is 3. The standard InChI is InChI=1S/C23H25N5O6S/c1-4-33-16(29)11-26-22(31)19(15-10-7-13(3)34-15)28(14-8-5-12(2)6-9-14)23(32)20-17(24)18(21(25)30)27-35-20/h5-10,19H,4,11,24H2,1-3H3,(H2,25,30)(H,26,31)/t19-/m0/s1. The average Bonchev–Trinajstić information content (AvgIpc) is 3.41. The second-order valence-electron chi connectivity index (χ2n) is 7.52. The van der Waals surface area contributed by atoms with Crippen molar-refractivity contribution in [1.82, 2.24) is 9.69 Å². The van der Waals surface area contributed by atoms with Gasteiger partial charge in [-0.05, 0) is 56.6 Å². The molecule has 0 saturated heterocycles. The Bertz CT molecular complexity index is 1250. The van der Waals surface area contributed by atoms with Gasteiger partial charge in [-0.15, -0.1) is 0 Å². The number of aromatic nitrogens is 1. The van der Waals surface area contributed by atoms with Gasteiger partial charge in [0.15, 0.2) is 11.7 Å². The smallest absolute Gasteiger partial charge is 0.325 e. The molecule has 3 amide bonds. The molecule has 0 radical (unpaired) electrons. The van der Waals surface area contributed by atoms with Crippen molar-refractivity contribution >= 4 is 46.6 Å². The van der Waals surface area contributed by atoms with Crippen LogP contribution < -0.4 is 21.7 Å². The lowest BCUT2D eigenvalue weighted by atomic mass is 10.1. The molecule has 0 aliphatic heterocycles. The maximum absolute atomic E-state index is 13.8. The number of carbonyl (C=O) groups excluding carboxylic acids is 4. The number of rotatable bonds is 9. The minimum absolute atomic E-state index is 0.0779. The number of anilines is 2. The Morgan fingerprint density at radius 1 is 1.14 bits per heavy atom. The van der Waals surface area contributed by atoms with E-state index in [4.69, 9.17) is 20.6 Å². The van der Waals surface area contributed by atoms with Crippen LogP contribution in [-0.4, -0.2) is 41.2 Å². The Labute approximate surface area is 205 Å². The second-order valence-corrected chi connectivity index (χ2v) is 8.30. The molecule has 0 fully saturated rings. The Kier molecular flexibility index (Phi) is 7.87. The van der Waals surface area contributed by atoms with E-state index in [-0.39, 0.29) is 28.6 Å². The molecule has 2 heterocycles. The van der Waals surface area contributed by atoms with Crippen LogP contribution in [0.25, 0.3) is 0 Å². The molecule has 184 valence electrons. The van der Waals surface area contributed by atoms with Gasteiger partial charge >= 0.3 is 5.97 Å². The van der Waals surface area contributed by atoms with Crippen molar-refractivity contribution in [1.29, 1.82) is 0 Å². The number of benzene rings is 1. The summed E-state index contributed by atoms with van der Waals surface area (Å²) in [6.07, 6.45) is 0. The third-order valence-corrected chi connectivity index (χ3v) is 5.79. The Balaban J connectivity index is 2.12. The number of nitrogens with two attached hydrogens (primary N) is 2. The van der Waals surface area contributed by atoms with E-state index in [2.05, 4.69) is 9.69 Å². The van der Waals surface area contributed by atoms with Crippen LogP contribution in [0.3, 0.4) is 0 Å². The number of hydrogen-bond donors (Lipinski definition) is 3. The van der Waals surface area contributed by atoms with Crippen LogP contribution in [0.4, 0.5) is 11.4 Å². The molecule has 35 heavy (non-hydrogen) atoms. The highest BCUT2D eigenvalue weighted by Crippen LogP contribution is 2.33. The maximum Gasteiger partial charge on any atom is 0.325 e. The fourth-order valence-corrected chi connectivity index (χ4v) is 4.01. The number of ether oxygens (including phenoxy) is 1. The highest BCUT2D eigenvalue weighted by atomic mass is 32.1. The lowest BCUT2D eigenvalue weighted by molar-refractivity contribution is -0.143. The largest absolute Gasteiger partial charge is 0.465 e. The van der Waals surface area contributed by atoms with Crippen molar-refractivity contribution in [3.05, 3.63) is 64.1 Å². The van der Waals surface area contributed by atoms with Crippen molar-refractivity contribution < 1.29 is 28.3 Å². The van der Waals surface area contributed by atoms with E-state index in [9.17, 15) is 19.2 Å². The van der Waals surface area contributed by atoms with Crippen LogP contribution in [0.15, 0.2) is 40.8 Å². The zero-order valence-electron chi connectivity index (χ0n) is 19.4. The maximum atomic E-state index is 13.8. The number of nitrogens with zero attached hydrogens (tertiary/aromatic N) is 2. The summed E-state index contributed by atoms with van der Waals surface area (Å²) in [5.74, 6) is -2.27. The Hall–Kier alpha value is -4.19. The quantitative estimate of drug-likeness (QED) is 0.376. The highest BCUT2D eigenvalue weighted by Gasteiger charge is 2.38. The summed E-state index contributed by atoms with van der Waals surface area (Å²) in [5, 5.41) is 2.50. The molecule has 5 N–H and O–H groups in total. The number of hydrogen-bond acceptors (Lipinski definition) is 9. The van der Waals surface area contributed by atoms with Crippen LogP contribution in [-0.2, 0) is 14.3 Å². The average molecular weight is 500 g/mol. The molecule has 0 saturated carbocycles. The van der Waals surface area contributed by atoms with Gasteiger partial charge in [0.1, 0.15) is 22.9 Å². The van der Waals surface area contributed by atoms with Gasteiger partial charge in [-0.3, -0.25) is 24.1 Å². The molecule has 3 rings (SSSR count). The molecule has 1 aromatic carbocycles. The monoisotopic (exact) mass is 499 g/mol. The summed E-state index contributed by atoms with van der Waals surface area (Å²) in [7, 11) is 0. The first-order valence-electron chi connectivity index (χ1n) is 10.6. The van der Waals surface area contributed by atoms with E-state index in [1.165, 1.54) is 4.90 Å². The van der Waals surface area contributed by atoms with Gasteiger partial charge in [0.2, 0.25) is 0 Å². The molecule has 2 aromatic heterocycles. The van der Waals surface area contributed by atoms with E-state index < -0.39 is 36.3 Å².